The van der Waals surface area contributed by atoms with E-state index in [1.165, 1.54) is 0 Å². The Bertz CT molecular complexity index is 172. The molecule has 1 unspecified atom stereocenters. The van der Waals surface area contributed by atoms with Crippen LogP contribution < -0.4 is 11.1 Å². The van der Waals surface area contributed by atoms with Crippen LogP contribution in [0.25, 0.3) is 0 Å². The van der Waals surface area contributed by atoms with Crippen molar-refractivity contribution in [2.45, 2.75) is 6.17 Å². The van der Waals surface area contributed by atoms with E-state index in [1.807, 2.05) is 0 Å². The molecule has 1 rings (SSSR count). The Hall–Kier alpha value is -1.09. The number of dihydropyridines is 1. The van der Waals surface area contributed by atoms with Gasteiger partial charge in [0.15, 0.2) is 0 Å². The molecule has 0 aromatic carbocycles. The molecule has 0 saturated heterocycles. The first kappa shape index (κ1) is 6.04. The molecule has 0 amide bonds. The van der Waals surface area contributed by atoms with Gasteiger partial charge in [-0.15, -0.1) is 0 Å². The van der Waals surface area contributed by atoms with E-state index in [-0.39, 0.29) is 6.17 Å². The minimum Gasteiger partial charge on any atom is -0.372 e. The zero-order chi connectivity index (χ0) is 6.69. The molecule has 1 aliphatic rings. The number of nitrogens with two attached hydrogens (primary N) is 1. The molecule has 1 heterocycles. The predicted molar refractivity (Wildman–Crippen MR) is 34.4 cm³/mol. The second-order valence-electron chi connectivity index (χ2n) is 1.79. The molecule has 0 radical (unpaired) electrons. The van der Waals surface area contributed by atoms with E-state index in [1.54, 1.807) is 18.4 Å². The Morgan fingerprint density at radius 1 is 1.78 bits per heavy atom. The monoisotopic (exact) mass is 124 g/mol. The van der Waals surface area contributed by atoms with E-state index < -0.39 is 0 Å². The largest absolute Gasteiger partial charge is 0.372 e. The summed E-state index contributed by atoms with van der Waals surface area (Å²) >= 11 is 0. The van der Waals surface area contributed by atoms with E-state index in [4.69, 9.17) is 5.73 Å². The summed E-state index contributed by atoms with van der Waals surface area (Å²) in [5.41, 5.74) is 6.01. The average molecular weight is 124 g/mol. The fourth-order valence-corrected chi connectivity index (χ4v) is 0.631. The molecule has 0 aromatic heterocycles. The van der Waals surface area contributed by atoms with Crippen LogP contribution in [0.15, 0.2) is 23.9 Å². The van der Waals surface area contributed by atoms with Crippen LogP contribution >= 0.6 is 0 Å². The number of nitrogens with one attached hydrogen (secondary N) is 1. The first-order valence-electron chi connectivity index (χ1n) is 2.68. The fourth-order valence-electron chi connectivity index (χ4n) is 0.631. The van der Waals surface area contributed by atoms with Crippen LogP contribution in [0, 0.1) is 0 Å². The van der Waals surface area contributed by atoms with Crippen molar-refractivity contribution in [1.29, 1.82) is 0 Å². The molecule has 48 valence electrons. The van der Waals surface area contributed by atoms with E-state index in [0.717, 1.165) is 6.29 Å². The lowest BCUT2D eigenvalue weighted by Crippen LogP contribution is -2.37. The first-order valence-corrected chi connectivity index (χ1v) is 2.68. The second kappa shape index (κ2) is 2.46. The van der Waals surface area contributed by atoms with Crippen LogP contribution in [0.5, 0.6) is 0 Å². The number of carbonyl (C=O) groups excluding carboxylic acids is 1. The predicted octanol–water partition coefficient (Wildman–Crippen LogP) is -0.487. The van der Waals surface area contributed by atoms with Crippen molar-refractivity contribution in [2.75, 3.05) is 0 Å². The van der Waals surface area contributed by atoms with Gasteiger partial charge in [0.05, 0.1) is 0 Å². The van der Waals surface area contributed by atoms with E-state index >= 15 is 0 Å². The molecule has 3 heteroatoms. The van der Waals surface area contributed by atoms with Crippen molar-refractivity contribution in [3.8, 4) is 0 Å². The average Bonchev–Trinajstić information content (AvgIpc) is 1.89. The lowest BCUT2D eigenvalue weighted by Gasteiger charge is -2.13. The van der Waals surface area contributed by atoms with Crippen LogP contribution in [0.1, 0.15) is 0 Å². The Kier molecular flexibility index (Phi) is 1.65. The maximum atomic E-state index is 10.1. The van der Waals surface area contributed by atoms with Gasteiger partial charge in [-0.2, -0.15) is 0 Å². The highest BCUT2D eigenvalue weighted by Gasteiger charge is 2.06. The maximum Gasteiger partial charge on any atom is 0.149 e. The van der Waals surface area contributed by atoms with Crippen LogP contribution in [0.2, 0.25) is 0 Å². The number of hydrogen-bond acceptors (Lipinski definition) is 3. The Labute approximate surface area is 53.2 Å². The summed E-state index contributed by atoms with van der Waals surface area (Å²) in [5.74, 6) is 0. The minimum atomic E-state index is -0.326. The van der Waals surface area contributed by atoms with Gasteiger partial charge in [-0.25, -0.2) is 0 Å². The SMILES string of the molecule is NC1NC=CC=C1C=O. The molecule has 3 N–H and O–H groups in total. The van der Waals surface area contributed by atoms with Crippen LogP contribution in [0.4, 0.5) is 0 Å². The van der Waals surface area contributed by atoms with Crippen molar-refractivity contribution in [2.24, 2.45) is 5.73 Å². The number of allylic oxidation sites excluding steroid dienone is 2. The molecular weight excluding hydrogens is 116 g/mol. The smallest absolute Gasteiger partial charge is 0.149 e. The first-order chi connectivity index (χ1) is 4.34. The quantitative estimate of drug-likeness (QED) is 0.464. The van der Waals surface area contributed by atoms with E-state index in [2.05, 4.69) is 5.32 Å². The van der Waals surface area contributed by atoms with Gasteiger partial charge in [-0.3, -0.25) is 4.79 Å². The van der Waals surface area contributed by atoms with Crippen molar-refractivity contribution < 1.29 is 4.79 Å². The fraction of sp³-hybridized carbons (Fsp3) is 0.167. The van der Waals surface area contributed by atoms with Gasteiger partial charge < -0.3 is 11.1 Å². The normalized spacial score (nSPS) is 24.6. The molecule has 3 nitrogen and oxygen atoms in total. The van der Waals surface area contributed by atoms with Gasteiger partial charge in [0.2, 0.25) is 0 Å². The van der Waals surface area contributed by atoms with E-state index in [9.17, 15) is 4.79 Å². The standard InChI is InChI=1S/C6H8N2O/c7-6-5(4-9)2-1-3-8-6/h1-4,6,8H,7H2. The summed E-state index contributed by atoms with van der Waals surface area (Å²) in [6, 6.07) is 0. The number of rotatable bonds is 1. The highest BCUT2D eigenvalue weighted by molar-refractivity contribution is 5.75. The lowest BCUT2D eigenvalue weighted by atomic mass is 10.2. The number of aldehydes is 1. The van der Waals surface area contributed by atoms with Crippen molar-refractivity contribution >= 4 is 6.29 Å². The highest BCUT2D eigenvalue weighted by atomic mass is 16.1. The zero-order valence-corrected chi connectivity index (χ0v) is 4.87. The van der Waals surface area contributed by atoms with Gasteiger partial charge in [0.1, 0.15) is 12.5 Å². The third-order valence-corrected chi connectivity index (χ3v) is 1.16. The summed E-state index contributed by atoms with van der Waals surface area (Å²) in [4.78, 5) is 10.1. The molecule has 0 aliphatic carbocycles. The molecule has 0 spiro atoms. The number of hydrogen-bond donors (Lipinski definition) is 2. The van der Waals surface area contributed by atoms with E-state index in [0.29, 0.717) is 5.57 Å². The van der Waals surface area contributed by atoms with Crippen molar-refractivity contribution in [3.63, 3.8) is 0 Å². The summed E-state index contributed by atoms with van der Waals surface area (Å²) in [5, 5.41) is 2.78. The summed E-state index contributed by atoms with van der Waals surface area (Å²) in [6.07, 6.45) is 5.56. The molecule has 9 heavy (non-hydrogen) atoms. The zero-order valence-electron chi connectivity index (χ0n) is 4.87. The van der Waals surface area contributed by atoms with Gasteiger partial charge >= 0.3 is 0 Å². The lowest BCUT2D eigenvalue weighted by molar-refractivity contribution is -0.105. The van der Waals surface area contributed by atoms with Crippen LogP contribution in [-0.4, -0.2) is 12.5 Å². The summed E-state index contributed by atoms with van der Waals surface area (Å²) in [7, 11) is 0. The molecule has 1 atom stereocenters. The van der Waals surface area contributed by atoms with Crippen molar-refractivity contribution in [1.82, 2.24) is 5.32 Å². The molecule has 1 aliphatic heterocycles. The summed E-state index contributed by atoms with van der Waals surface area (Å²) in [6.45, 7) is 0. The molecular formula is C6H8N2O. The van der Waals surface area contributed by atoms with Crippen LogP contribution in [-0.2, 0) is 4.79 Å². The Morgan fingerprint density at radius 3 is 3.00 bits per heavy atom. The van der Waals surface area contributed by atoms with Gasteiger partial charge in [0.25, 0.3) is 0 Å². The third kappa shape index (κ3) is 1.17. The number of carbonyl (C=O) groups is 1. The molecule has 0 fully saturated rings. The second-order valence-corrected chi connectivity index (χ2v) is 1.79. The third-order valence-electron chi connectivity index (χ3n) is 1.16. The van der Waals surface area contributed by atoms with Crippen molar-refractivity contribution in [3.05, 3.63) is 23.9 Å². The molecule has 0 bridgehead atoms. The Balaban J connectivity index is 2.74. The molecule has 0 saturated carbocycles. The highest BCUT2D eigenvalue weighted by Crippen LogP contribution is 1.97. The van der Waals surface area contributed by atoms with Gasteiger partial charge in [0, 0.05) is 5.57 Å². The topological polar surface area (TPSA) is 55.1 Å². The minimum absolute atomic E-state index is 0.326. The summed E-state index contributed by atoms with van der Waals surface area (Å²) < 4.78 is 0. The van der Waals surface area contributed by atoms with Gasteiger partial charge in [-0.05, 0) is 12.3 Å². The van der Waals surface area contributed by atoms with Crippen LogP contribution in [0.3, 0.4) is 0 Å². The maximum absolute atomic E-state index is 10.1. The Morgan fingerprint density at radius 2 is 2.56 bits per heavy atom. The molecule has 0 aromatic rings. The van der Waals surface area contributed by atoms with Gasteiger partial charge in [-0.1, -0.05) is 6.08 Å².